The molecule has 144 valence electrons. The van der Waals surface area contributed by atoms with Gasteiger partial charge in [0.05, 0.1) is 0 Å². The van der Waals surface area contributed by atoms with Crippen LogP contribution in [-0.4, -0.2) is 22.4 Å². The molecule has 0 aliphatic rings. The van der Waals surface area contributed by atoms with E-state index in [2.05, 4.69) is 36.2 Å². The van der Waals surface area contributed by atoms with E-state index < -0.39 is 0 Å². The first-order valence-electron chi connectivity index (χ1n) is 9.58. The number of aryl methyl sites for hydroxylation is 2. The van der Waals surface area contributed by atoms with Crippen molar-refractivity contribution in [2.45, 2.75) is 33.4 Å². The zero-order chi connectivity index (χ0) is 19.8. The quantitative estimate of drug-likeness (QED) is 0.580. The van der Waals surface area contributed by atoms with E-state index in [9.17, 15) is 4.79 Å². The van der Waals surface area contributed by atoms with Gasteiger partial charge in [0, 0.05) is 25.5 Å². The van der Waals surface area contributed by atoms with Crippen molar-refractivity contribution < 1.29 is 9.53 Å². The first kappa shape index (κ1) is 19.6. The monoisotopic (exact) mass is 374 g/mol. The van der Waals surface area contributed by atoms with Gasteiger partial charge < -0.3 is 9.64 Å². The van der Waals surface area contributed by atoms with Crippen LogP contribution in [0.5, 0.6) is 5.75 Å². The zero-order valence-corrected chi connectivity index (χ0v) is 16.5. The lowest BCUT2D eigenvalue weighted by Gasteiger charge is -2.23. The van der Waals surface area contributed by atoms with Gasteiger partial charge in [-0.05, 0) is 53.8 Å². The van der Waals surface area contributed by atoms with Gasteiger partial charge in [0.15, 0.2) is 6.61 Å². The normalized spacial score (nSPS) is 10.5. The number of hydrogen-bond acceptors (Lipinski definition) is 3. The van der Waals surface area contributed by atoms with Crippen LogP contribution >= 0.6 is 0 Å². The van der Waals surface area contributed by atoms with Crippen molar-refractivity contribution in [1.29, 1.82) is 0 Å². The molecule has 28 heavy (non-hydrogen) atoms. The van der Waals surface area contributed by atoms with Gasteiger partial charge in [-0.3, -0.25) is 9.78 Å². The predicted octanol–water partition coefficient (Wildman–Crippen LogP) is 4.56. The Morgan fingerprint density at radius 3 is 2.39 bits per heavy atom. The van der Waals surface area contributed by atoms with Gasteiger partial charge >= 0.3 is 0 Å². The molecule has 3 rings (SSSR count). The number of hydrogen-bond donors (Lipinski definition) is 0. The van der Waals surface area contributed by atoms with Gasteiger partial charge in [-0.15, -0.1) is 0 Å². The van der Waals surface area contributed by atoms with E-state index in [1.807, 2.05) is 48.2 Å². The summed E-state index contributed by atoms with van der Waals surface area (Å²) in [6.45, 7) is 5.18. The first-order valence-corrected chi connectivity index (χ1v) is 9.58. The van der Waals surface area contributed by atoms with E-state index in [1.165, 1.54) is 5.56 Å². The fourth-order valence-corrected chi connectivity index (χ4v) is 2.99. The van der Waals surface area contributed by atoms with Gasteiger partial charge in [-0.25, -0.2) is 0 Å². The fourth-order valence-electron chi connectivity index (χ4n) is 2.99. The molecule has 0 fully saturated rings. The number of benzene rings is 2. The van der Waals surface area contributed by atoms with E-state index in [0.29, 0.717) is 18.8 Å². The molecule has 0 unspecified atom stereocenters. The molecule has 1 amide bonds. The predicted molar refractivity (Wildman–Crippen MR) is 111 cm³/mol. The molecule has 0 radical (unpaired) electrons. The molecular formula is C24H26N2O2. The van der Waals surface area contributed by atoms with Crippen LogP contribution in [0.4, 0.5) is 0 Å². The highest BCUT2D eigenvalue weighted by Gasteiger charge is 2.16. The van der Waals surface area contributed by atoms with Crippen LogP contribution in [0.15, 0.2) is 73.1 Å². The van der Waals surface area contributed by atoms with Gasteiger partial charge in [0.25, 0.3) is 5.91 Å². The molecule has 1 heterocycles. The van der Waals surface area contributed by atoms with Crippen LogP contribution in [0.3, 0.4) is 0 Å². The van der Waals surface area contributed by atoms with Crippen LogP contribution in [0.1, 0.15) is 29.2 Å². The van der Waals surface area contributed by atoms with Crippen LogP contribution in [0.2, 0.25) is 0 Å². The lowest BCUT2D eigenvalue weighted by atomic mass is 10.1. The SMILES string of the molecule is CCc1ccc(CN(Cc2cccnc2)C(=O)COc2cccc(C)c2)cc1. The molecule has 2 aromatic carbocycles. The largest absolute Gasteiger partial charge is 0.484 e. The molecule has 0 aliphatic heterocycles. The summed E-state index contributed by atoms with van der Waals surface area (Å²) in [5.74, 6) is 0.659. The number of nitrogens with zero attached hydrogens (tertiary/aromatic N) is 2. The highest BCUT2D eigenvalue weighted by atomic mass is 16.5. The maximum atomic E-state index is 12.9. The average Bonchev–Trinajstić information content (AvgIpc) is 2.73. The Morgan fingerprint density at radius 1 is 0.964 bits per heavy atom. The maximum absolute atomic E-state index is 12.9. The van der Waals surface area contributed by atoms with E-state index in [-0.39, 0.29) is 12.5 Å². The highest BCUT2D eigenvalue weighted by Crippen LogP contribution is 2.15. The van der Waals surface area contributed by atoms with Gasteiger partial charge in [0.2, 0.25) is 0 Å². The van der Waals surface area contributed by atoms with Crippen molar-refractivity contribution in [2.24, 2.45) is 0 Å². The van der Waals surface area contributed by atoms with Crippen molar-refractivity contribution in [2.75, 3.05) is 6.61 Å². The van der Waals surface area contributed by atoms with E-state index >= 15 is 0 Å². The molecule has 0 saturated heterocycles. The summed E-state index contributed by atoms with van der Waals surface area (Å²) in [7, 11) is 0. The standard InChI is InChI=1S/C24H26N2O2/c1-3-20-9-11-21(12-10-20)16-26(17-22-7-5-13-25-15-22)24(27)18-28-23-8-4-6-19(2)14-23/h4-15H,3,16-18H2,1-2H3. The number of carbonyl (C=O) groups excluding carboxylic acids is 1. The summed E-state index contributed by atoms with van der Waals surface area (Å²) in [5, 5.41) is 0. The summed E-state index contributed by atoms with van der Waals surface area (Å²) >= 11 is 0. The van der Waals surface area contributed by atoms with E-state index in [1.54, 1.807) is 12.4 Å². The topological polar surface area (TPSA) is 42.4 Å². The minimum absolute atomic E-state index is 0.0107. The van der Waals surface area contributed by atoms with E-state index in [4.69, 9.17) is 4.74 Å². The molecule has 0 saturated carbocycles. The Kier molecular flexibility index (Phi) is 6.79. The number of carbonyl (C=O) groups is 1. The molecule has 0 bridgehead atoms. The first-order chi connectivity index (χ1) is 13.6. The Balaban J connectivity index is 1.71. The molecule has 0 aliphatic carbocycles. The Morgan fingerprint density at radius 2 is 1.71 bits per heavy atom. The lowest BCUT2D eigenvalue weighted by Crippen LogP contribution is -2.34. The Bertz CT molecular complexity index is 892. The highest BCUT2D eigenvalue weighted by molar-refractivity contribution is 5.77. The molecule has 0 N–H and O–H groups in total. The average molecular weight is 374 g/mol. The molecule has 4 nitrogen and oxygen atoms in total. The molecule has 3 aromatic rings. The van der Waals surface area contributed by atoms with Crippen LogP contribution < -0.4 is 4.74 Å². The summed E-state index contributed by atoms with van der Waals surface area (Å²) in [4.78, 5) is 18.9. The lowest BCUT2D eigenvalue weighted by molar-refractivity contribution is -0.134. The fraction of sp³-hybridized carbons (Fsp3) is 0.250. The van der Waals surface area contributed by atoms with Crippen LogP contribution in [0.25, 0.3) is 0 Å². The number of amides is 1. The maximum Gasteiger partial charge on any atom is 0.261 e. The Labute approximate surface area is 166 Å². The van der Waals surface area contributed by atoms with Crippen LogP contribution in [-0.2, 0) is 24.3 Å². The van der Waals surface area contributed by atoms with Gasteiger partial charge in [0.1, 0.15) is 5.75 Å². The van der Waals surface area contributed by atoms with Crippen molar-refractivity contribution in [3.05, 3.63) is 95.3 Å². The molecular weight excluding hydrogens is 348 g/mol. The smallest absolute Gasteiger partial charge is 0.261 e. The second kappa shape index (κ2) is 9.70. The summed E-state index contributed by atoms with van der Waals surface area (Å²) in [6, 6.07) is 20.0. The third-order valence-corrected chi connectivity index (χ3v) is 4.61. The minimum Gasteiger partial charge on any atom is -0.484 e. The van der Waals surface area contributed by atoms with Crippen molar-refractivity contribution >= 4 is 5.91 Å². The van der Waals surface area contributed by atoms with Crippen molar-refractivity contribution in [3.63, 3.8) is 0 Å². The van der Waals surface area contributed by atoms with Crippen molar-refractivity contribution in [1.82, 2.24) is 9.88 Å². The summed E-state index contributed by atoms with van der Waals surface area (Å²) < 4.78 is 5.73. The molecule has 0 spiro atoms. The molecule has 1 aromatic heterocycles. The number of aromatic nitrogens is 1. The zero-order valence-electron chi connectivity index (χ0n) is 16.5. The Hall–Kier alpha value is -3.14. The third-order valence-electron chi connectivity index (χ3n) is 4.61. The van der Waals surface area contributed by atoms with Crippen LogP contribution in [0, 0.1) is 6.92 Å². The van der Waals surface area contributed by atoms with E-state index in [0.717, 1.165) is 23.1 Å². The molecule has 0 atom stereocenters. The summed E-state index contributed by atoms with van der Waals surface area (Å²) in [5.41, 5.74) is 4.49. The second-order valence-electron chi connectivity index (χ2n) is 6.89. The third kappa shape index (κ3) is 5.68. The van der Waals surface area contributed by atoms with Gasteiger partial charge in [-0.1, -0.05) is 49.4 Å². The second-order valence-corrected chi connectivity index (χ2v) is 6.89. The molecule has 4 heteroatoms. The number of ether oxygens (including phenoxy) is 1. The number of rotatable bonds is 8. The van der Waals surface area contributed by atoms with Crippen molar-refractivity contribution in [3.8, 4) is 5.75 Å². The number of pyridine rings is 1. The minimum atomic E-state index is -0.0510. The summed E-state index contributed by atoms with van der Waals surface area (Å²) in [6.07, 6.45) is 4.53. The van der Waals surface area contributed by atoms with Gasteiger partial charge in [-0.2, -0.15) is 0 Å².